The Bertz CT molecular complexity index is 1810. The number of hydrogen-bond acceptors (Lipinski definition) is 2. The Kier molecular flexibility index (Phi) is 5.70. The van der Waals surface area contributed by atoms with E-state index in [0.29, 0.717) is 11.8 Å². The number of allylic oxidation sites excluding steroid dienone is 4. The highest BCUT2D eigenvalue weighted by molar-refractivity contribution is 6.10. The van der Waals surface area contributed by atoms with E-state index in [0.717, 1.165) is 33.4 Å². The van der Waals surface area contributed by atoms with Crippen LogP contribution in [0.2, 0.25) is 0 Å². The minimum absolute atomic E-state index is 0.0665. The van der Waals surface area contributed by atoms with Gasteiger partial charge >= 0.3 is 0 Å². The quantitative estimate of drug-likeness (QED) is 0.245. The Morgan fingerprint density at radius 1 is 0.634 bits per heavy atom. The molecule has 0 saturated heterocycles. The molecular formula is C39H34O2. The predicted octanol–water partition coefficient (Wildman–Crippen LogP) is 8.90. The smallest absolute Gasteiger partial charge is 0.193 e. The van der Waals surface area contributed by atoms with E-state index < -0.39 is 0 Å². The van der Waals surface area contributed by atoms with Crippen LogP contribution in [-0.2, 0) is 5.41 Å². The van der Waals surface area contributed by atoms with Crippen LogP contribution in [0.1, 0.15) is 97.8 Å². The number of aryl methyl sites for hydroxylation is 2. The molecule has 0 fully saturated rings. The number of fused-ring (bicyclic) bond motifs is 6. The van der Waals surface area contributed by atoms with E-state index >= 15 is 0 Å². The molecule has 0 amide bonds. The lowest BCUT2D eigenvalue weighted by Crippen LogP contribution is -2.19. The molecule has 0 aliphatic heterocycles. The standard InChI is InChI=1S/C39H34O2/c1-22-6-10-25(11-7-22)37(40)27-14-16-29-31(18-27)24(3)32-20-34-30-17-15-28(38(41)26-12-8-23(2)9-13-26)19-35(30)39(4,5)36(34)21-33(29)32/h6-21,24,32-33H,1-5H3. The van der Waals surface area contributed by atoms with Gasteiger partial charge in [-0.15, -0.1) is 0 Å². The van der Waals surface area contributed by atoms with Crippen LogP contribution in [-0.4, -0.2) is 11.6 Å². The zero-order valence-electron chi connectivity index (χ0n) is 24.3. The lowest BCUT2D eigenvalue weighted by Gasteiger charge is -2.29. The van der Waals surface area contributed by atoms with Crippen molar-refractivity contribution in [2.24, 2.45) is 5.92 Å². The maximum atomic E-state index is 13.4. The van der Waals surface area contributed by atoms with E-state index in [2.05, 4.69) is 57.2 Å². The molecule has 0 spiro atoms. The van der Waals surface area contributed by atoms with Gasteiger partial charge in [0.2, 0.25) is 0 Å². The molecule has 4 aromatic rings. The second-order valence-corrected chi connectivity index (χ2v) is 12.7. The fraction of sp³-hybridized carbons (Fsp3) is 0.231. The molecule has 0 saturated carbocycles. The SMILES string of the molecule is Cc1ccc(C(=O)c2ccc3c(c2)C(C)C2C=C4C(=CC32)C(C)(C)c2cc(C(=O)c3ccc(C)cc3)ccc24)cc1. The van der Waals surface area contributed by atoms with Crippen molar-refractivity contribution in [3.8, 4) is 0 Å². The molecule has 2 nitrogen and oxygen atoms in total. The third-order valence-electron chi connectivity index (χ3n) is 9.73. The first-order valence-electron chi connectivity index (χ1n) is 14.6. The zero-order chi connectivity index (χ0) is 28.6. The summed E-state index contributed by atoms with van der Waals surface area (Å²) in [5.74, 6) is 1.07. The van der Waals surface area contributed by atoms with Crippen LogP contribution in [0.15, 0.2) is 103 Å². The van der Waals surface area contributed by atoms with Crippen molar-refractivity contribution >= 4 is 17.1 Å². The van der Waals surface area contributed by atoms with Crippen LogP contribution in [0.4, 0.5) is 0 Å². The molecular weight excluding hydrogens is 500 g/mol. The van der Waals surface area contributed by atoms with E-state index in [4.69, 9.17) is 0 Å². The summed E-state index contributed by atoms with van der Waals surface area (Å²) in [5, 5.41) is 0. The van der Waals surface area contributed by atoms with Crippen molar-refractivity contribution < 1.29 is 9.59 Å². The lowest BCUT2D eigenvalue weighted by molar-refractivity contribution is 0.103. The van der Waals surface area contributed by atoms with Gasteiger partial charge in [-0.05, 0) is 71.2 Å². The van der Waals surface area contributed by atoms with Crippen LogP contribution in [0.25, 0.3) is 5.57 Å². The number of carbonyl (C=O) groups is 2. The summed E-state index contributed by atoms with van der Waals surface area (Å²) in [6.07, 6.45) is 4.95. The number of rotatable bonds is 4. The molecule has 3 unspecified atom stereocenters. The lowest BCUT2D eigenvalue weighted by atomic mass is 9.74. The van der Waals surface area contributed by atoms with Crippen LogP contribution >= 0.6 is 0 Å². The molecule has 0 N–H and O–H groups in total. The Labute approximate surface area is 242 Å². The maximum Gasteiger partial charge on any atom is 0.193 e. The average Bonchev–Trinajstić information content (AvgIpc) is 3.38. The molecule has 4 aromatic carbocycles. The minimum atomic E-state index is -0.205. The van der Waals surface area contributed by atoms with Gasteiger partial charge in [0.15, 0.2) is 11.6 Å². The van der Waals surface area contributed by atoms with Crippen molar-refractivity contribution in [3.05, 3.63) is 158 Å². The van der Waals surface area contributed by atoms with Crippen LogP contribution in [0.3, 0.4) is 0 Å². The Balaban J connectivity index is 1.24. The topological polar surface area (TPSA) is 34.1 Å². The molecule has 2 heteroatoms. The van der Waals surface area contributed by atoms with Gasteiger partial charge in [0.05, 0.1) is 0 Å². The monoisotopic (exact) mass is 534 g/mol. The molecule has 7 rings (SSSR count). The summed E-state index contributed by atoms with van der Waals surface area (Å²) < 4.78 is 0. The summed E-state index contributed by atoms with van der Waals surface area (Å²) >= 11 is 0. The first kappa shape index (κ1) is 25.7. The highest BCUT2D eigenvalue weighted by Gasteiger charge is 2.46. The minimum Gasteiger partial charge on any atom is -0.289 e. The summed E-state index contributed by atoms with van der Waals surface area (Å²) in [5.41, 5.74) is 12.8. The highest BCUT2D eigenvalue weighted by Crippen LogP contribution is 2.59. The van der Waals surface area contributed by atoms with Gasteiger partial charge < -0.3 is 0 Å². The molecule has 0 aromatic heterocycles. The number of carbonyl (C=O) groups excluding carboxylic acids is 2. The van der Waals surface area contributed by atoms with Crippen molar-refractivity contribution in [3.63, 3.8) is 0 Å². The normalized spacial score (nSPS) is 21.2. The summed E-state index contributed by atoms with van der Waals surface area (Å²) in [4.78, 5) is 26.6. The van der Waals surface area contributed by atoms with E-state index in [1.807, 2.05) is 74.5 Å². The second-order valence-electron chi connectivity index (χ2n) is 12.7. The number of hydrogen-bond donors (Lipinski definition) is 0. The Morgan fingerprint density at radius 2 is 1.17 bits per heavy atom. The summed E-state index contributed by atoms with van der Waals surface area (Å²) in [7, 11) is 0. The van der Waals surface area contributed by atoms with Gasteiger partial charge in [0, 0.05) is 33.6 Å². The number of benzene rings is 4. The maximum absolute atomic E-state index is 13.4. The summed E-state index contributed by atoms with van der Waals surface area (Å²) in [6.45, 7) is 10.9. The van der Waals surface area contributed by atoms with E-state index in [1.54, 1.807) is 0 Å². The van der Waals surface area contributed by atoms with Crippen LogP contribution < -0.4 is 0 Å². The summed E-state index contributed by atoms with van der Waals surface area (Å²) in [6, 6.07) is 28.2. The molecule has 41 heavy (non-hydrogen) atoms. The Hall–Kier alpha value is -4.30. The van der Waals surface area contributed by atoms with Crippen molar-refractivity contribution in [1.82, 2.24) is 0 Å². The van der Waals surface area contributed by atoms with Gasteiger partial charge in [-0.3, -0.25) is 9.59 Å². The van der Waals surface area contributed by atoms with Gasteiger partial charge in [0.1, 0.15) is 0 Å². The Morgan fingerprint density at radius 3 is 1.78 bits per heavy atom. The second kappa shape index (κ2) is 9.11. The van der Waals surface area contributed by atoms with Crippen molar-refractivity contribution in [1.29, 1.82) is 0 Å². The molecule has 0 bridgehead atoms. The van der Waals surface area contributed by atoms with Gasteiger partial charge in [-0.1, -0.05) is 117 Å². The van der Waals surface area contributed by atoms with Crippen molar-refractivity contribution in [2.75, 3.05) is 0 Å². The fourth-order valence-electron chi connectivity index (χ4n) is 7.25. The van der Waals surface area contributed by atoms with Crippen molar-refractivity contribution in [2.45, 2.75) is 51.9 Å². The fourth-order valence-corrected chi connectivity index (χ4v) is 7.25. The molecule has 0 radical (unpaired) electrons. The molecule has 202 valence electrons. The molecule has 0 heterocycles. The largest absolute Gasteiger partial charge is 0.289 e. The molecule has 3 aliphatic rings. The molecule has 3 atom stereocenters. The highest BCUT2D eigenvalue weighted by atomic mass is 16.1. The van der Waals surface area contributed by atoms with Crippen LogP contribution in [0, 0.1) is 19.8 Å². The van der Waals surface area contributed by atoms with E-state index in [1.165, 1.54) is 33.4 Å². The first-order valence-corrected chi connectivity index (χ1v) is 14.6. The molecule has 3 aliphatic carbocycles. The number of ketones is 2. The van der Waals surface area contributed by atoms with Gasteiger partial charge in [-0.2, -0.15) is 0 Å². The van der Waals surface area contributed by atoms with E-state index in [-0.39, 0.29) is 22.9 Å². The van der Waals surface area contributed by atoms with E-state index in [9.17, 15) is 9.59 Å². The third-order valence-corrected chi connectivity index (χ3v) is 9.73. The predicted molar refractivity (Wildman–Crippen MR) is 166 cm³/mol. The third kappa shape index (κ3) is 3.92. The van der Waals surface area contributed by atoms with Gasteiger partial charge in [0.25, 0.3) is 0 Å². The van der Waals surface area contributed by atoms with Gasteiger partial charge in [-0.25, -0.2) is 0 Å². The first-order chi connectivity index (χ1) is 19.6. The average molecular weight is 535 g/mol. The van der Waals surface area contributed by atoms with Crippen LogP contribution in [0.5, 0.6) is 0 Å². The zero-order valence-corrected chi connectivity index (χ0v) is 24.3.